The monoisotopic (exact) mass is 144 g/mol. The zero-order valence-corrected chi connectivity index (χ0v) is 5.60. The first-order chi connectivity index (χ1) is 4.72. The van der Waals surface area contributed by atoms with Crippen LogP contribution in [0.5, 0.6) is 0 Å². The Labute approximate surface area is 57.6 Å². The van der Waals surface area contributed by atoms with Crippen molar-refractivity contribution >= 4 is 0 Å². The number of hydrogen-bond acceptors (Lipinski definition) is 3. The molecular formula is C4H8N4O2. The van der Waals surface area contributed by atoms with Gasteiger partial charge in [-0.2, -0.15) is 0 Å². The minimum absolute atomic E-state index is 0.303. The molecule has 0 radical (unpaired) electrons. The second-order valence-corrected chi connectivity index (χ2v) is 1.76. The van der Waals surface area contributed by atoms with Crippen LogP contribution in [-0.4, -0.2) is 11.1 Å². The van der Waals surface area contributed by atoms with Gasteiger partial charge in [-0.25, -0.2) is 0 Å². The maximum atomic E-state index is 10.0. The lowest BCUT2D eigenvalue weighted by Gasteiger charge is -1.97. The number of nitro groups is 1. The van der Waals surface area contributed by atoms with Crippen LogP contribution < -0.4 is 0 Å². The van der Waals surface area contributed by atoms with E-state index in [4.69, 9.17) is 5.53 Å². The van der Waals surface area contributed by atoms with Gasteiger partial charge in [-0.05, 0) is 17.1 Å². The normalized spacial score (nSPS) is 11.7. The highest BCUT2D eigenvalue weighted by Gasteiger charge is 2.14. The average molecular weight is 144 g/mol. The Morgan fingerprint density at radius 3 is 2.80 bits per heavy atom. The molecule has 0 saturated carbocycles. The van der Waals surface area contributed by atoms with Crippen molar-refractivity contribution in [3.63, 3.8) is 0 Å². The summed E-state index contributed by atoms with van der Waals surface area (Å²) in [4.78, 5) is 11.8. The third kappa shape index (κ3) is 2.88. The summed E-state index contributed by atoms with van der Waals surface area (Å²) in [5.41, 5.74) is 7.87. The van der Waals surface area contributed by atoms with Gasteiger partial charge in [0.2, 0.25) is 0 Å². The van der Waals surface area contributed by atoms with Gasteiger partial charge in [-0.3, -0.25) is 10.1 Å². The van der Waals surface area contributed by atoms with Crippen molar-refractivity contribution in [2.24, 2.45) is 5.11 Å². The van der Waals surface area contributed by atoms with Crippen LogP contribution in [0, 0.1) is 10.1 Å². The predicted octanol–water partition coefficient (Wildman–Crippen LogP) is 1.70. The topological polar surface area (TPSA) is 91.9 Å². The minimum atomic E-state index is -1.09. The molecular weight excluding hydrogens is 136 g/mol. The Kier molecular flexibility index (Phi) is 3.99. The molecule has 0 N–H and O–H groups in total. The third-order valence-corrected chi connectivity index (χ3v) is 0.975. The van der Waals surface area contributed by atoms with Gasteiger partial charge >= 0.3 is 0 Å². The third-order valence-electron chi connectivity index (χ3n) is 0.975. The van der Waals surface area contributed by atoms with Gasteiger partial charge in [0, 0.05) is 16.3 Å². The van der Waals surface area contributed by atoms with Gasteiger partial charge in [0.25, 0.3) is 6.17 Å². The highest BCUT2D eigenvalue weighted by atomic mass is 16.6. The van der Waals surface area contributed by atoms with Crippen molar-refractivity contribution in [3.8, 4) is 0 Å². The van der Waals surface area contributed by atoms with Gasteiger partial charge in [0.1, 0.15) is 0 Å². The number of nitrogens with zero attached hydrogens (tertiary/aromatic N) is 4. The quantitative estimate of drug-likeness (QED) is 0.197. The second kappa shape index (κ2) is 4.58. The molecule has 1 unspecified atom stereocenters. The largest absolute Gasteiger partial charge is 0.291 e. The van der Waals surface area contributed by atoms with Crippen LogP contribution in [0.3, 0.4) is 0 Å². The van der Waals surface area contributed by atoms with Crippen molar-refractivity contribution in [1.82, 2.24) is 0 Å². The molecule has 0 aromatic rings. The van der Waals surface area contributed by atoms with E-state index in [1.807, 2.05) is 0 Å². The average Bonchev–Trinajstić information content (AvgIpc) is 1.87. The molecule has 6 nitrogen and oxygen atoms in total. The lowest BCUT2D eigenvalue weighted by molar-refractivity contribution is -0.521. The number of azide groups is 1. The molecule has 0 spiro atoms. The molecule has 0 aromatic carbocycles. The molecule has 0 aliphatic heterocycles. The fraction of sp³-hybridized carbons (Fsp3) is 1.00. The molecule has 0 aromatic heterocycles. The van der Waals surface area contributed by atoms with Crippen LogP contribution >= 0.6 is 0 Å². The van der Waals surface area contributed by atoms with Crippen molar-refractivity contribution in [3.05, 3.63) is 20.6 Å². The summed E-state index contributed by atoms with van der Waals surface area (Å²) in [5, 5.41) is 13.0. The summed E-state index contributed by atoms with van der Waals surface area (Å²) in [6, 6.07) is 0. The summed E-state index contributed by atoms with van der Waals surface area (Å²) in [5.74, 6) is 0. The van der Waals surface area contributed by atoms with E-state index >= 15 is 0 Å². The summed E-state index contributed by atoms with van der Waals surface area (Å²) < 4.78 is 0. The molecule has 10 heavy (non-hydrogen) atoms. The summed E-state index contributed by atoms with van der Waals surface area (Å²) in [7, 11) is 0. The predicted molar refractivity (Wildman–Crippen MR) is 34.8 cm³/mol. The van der Waals surface area contributed by atoms with Crippen LogP contribution in [0.4, 0.5) is 0 Å². The van der Waals surface area contributed by atoms with E-state index in [1.54, 1.807) is 6.92 Å². The molecule has 0 heterocycles. The Balaban J connectivity index is 3.97. The smallest absolute Gasteiger partial charge is 0.264 e. The van der Waals surface area contributed by atoms with E-state index in [-0.39, 0.29) is 0 Å². The zero-order chi connectivity index (χ0) is 7.98. The second-order valence-electron chi connectivity index (χ2n) is 1.76. The Hall–Kier alpha value is -1.29. The molecule has 6 heteroatoms. The van der Waals surface area contributed by atoms with Crippen LogP contribution in [0.1, 0.15) is 19.8 Å². The van der Waals surface area contributed by atoms with Crippen molar-refractivity contribution in [2.75, 3.05) is 0 Å². The van der Waals surface area contributed by atoms with E-state index in [2.05, 4.69) is 10.0 Å². The van der Waals surface area contributed by atoms with Crippen LogP contribution in [0.2, 0.25) is 0 Å². The van der Waals surface area contributed by atoms with E-state index < -0.39 is 11.1 Å². The maximum Gasteiger partial charge on any atom is 0.291 e. The molecule has 0 saturated heterocycles. The zero-order valence-electron chi connectivity index (χ0n) is 5.60. The molecule has 0 amide bonds. The number of hydrogen-bond donors (Lipinski definition) is 0. The fourth-order valence-corrected chi connectivity index (χ4v) is 0.523. The van der Waals surface area contributed by atoms with E-state index in [0.717, 1.165) is 0 Å². The van der Waals surface area contributed by atoms with Crippen molar-refractivity contribution in [1.29, 1.82) is 0 Å². The van der Waals surface area contributed by atoms with Gasteiger partial charge in [-0.1, -0.05) is 6.92 Å². The first kappa shape index (κ1) is 8.71. The van der Waals surface area contributed by atoms with Gasteiger partial charge in [0.05, 0.1) is 0 Å². The molecule has 0 bridgehead atoms. The standard InChI is InChI=1S/C4H8N4O2/c1-2-3-4(6-7-5)8(9)10/h4H,2-3H2,1H3. The summed E-state index contributed by atoms with van der Waals surface area (Å²) in [6.07, 6.45) is -0.142. The fourth-order valence-electron chi connectivity index (χ4n) is 0.523. The Bertz CT molecular complexity index is 161. The summed E-state index contributed by atoms with van der Waals surface area (Å²) in [6.45, 7) is 1.80. The van der Waals surface area contributed by atoms with Gasteiger partial charge < -0.3 is 0 Å². The Morgan fingerprint density at radius 1 is 1.90 bits per heavy atom. The number of rotatable bonds is 4. The molecule has 0 aliphatic rings. The molecule has 0 fully saturated rings. The van der Waals surface area contributed by atoms with E-state index in [1.165, 1.54) is 0 Å². The van der Waals surface area contributed by atoms with Crippen molar-refractivity contribution < 1.29 is 4.92 Å². The van der Waals surface area contributed by atoms with E-state index in [0.29, 0.717) is 12.8 Å². The molecule has 0 rings (SSSR count). The highest BCUT2D eigenvalue weighted by Crippen LogP contribution is 2.01. The highest BCUT2D eigenvalue weighted by molar-refractivity contribution is 4.52. The maximum absolute atomic E-state index is 10.0. The lowest BCUT2D eigenvalue weighted by atomic mass is 10.3. The molecule has 1 atom stereocenters. The van der Waals surface area contributed by atoms with Crippen molar-refractivity contribution in [2.45, 2.75) is 25.9 Å². The minimum Gasteiger partial charge on any atom is -0.264 e. The first-order valence-corrected chi connectivity index (χ1v) is 2.90. The molecule has 56 valence electrons. The van der Waals surface area contributed by atoms with Crippen LogP contribution in [0.15, 0.2) is 5.11 Å². The van der Waals surface area contributed by atoms with Gasteiger partial charge in [-0.15, -0.1) is 0 Å². The van der Waals surface area contributed by atoms with Crippen LogP contribution in [0.25, 0.3) is 10.4 Å². The SMILES string of the molecule is CCCC(N=[N+]=[N-])[N+](=O)[O-]. The molecule has 0 aliphatic carbocycles. The van der Waals surface area contributed by atoms with E-state index in [9.17, 15) is 10.1 Å². The van der Waals surface area contributed by atoms with Crippen LogP contribution in [-0.2, 0) is 0 Å². The van der Waals surface area contributed by atoms with Gasteiger partial charge in [0.15, 0.2) is 0 Å². The first-order valence-electron chi connectivity index (χ1n) is 2.90. The summed E-state index contributed by atoms with van der Waals surface area (Å²) >= 11 is 0. The lowest BCUT2D eigenvalue weighted by Crippen LogP contribution is -2.14. The Morgan fingerprint density at radius 2 is 2.50 bits per heavy atom.